The molecule has 0 unspecified atom stereocenters. The van der Waals surface area contributed by atoms with Crippen LogP contribution >= 0.6 is 0 Å². The standard InChI is InChI=1S/C23H15N7/c1-2-8-25-19(5-1)16-6-9-26-22-17(16)11-20(28-22)21-18-10-15(13-27-23(18)30-29-21)14-4-3-7-24-12-14/h1-13H,(H,26,28)(H,27,29,30). The summed E-state index contributed by atoms with van der Waals surface area (Å²) in [5.74, 6) is 0. The second-order valence-electron chi connectivity index (χ2n) is 6.95. The molecule has 0 aliphatic rings. The molecule has 7 heteroatoms. The van der Waals surface area contributed by atoms with E-state index in [2.05, 4.69) is 47.2 Å². The van der Waals surface area contributed by atoms with Crippen LogP contribution in [0.25, 0.3) is 55.8 Å². The van der Waals surface area contributed by atoms with E-state index in [0.717, 1.165) is 50.2 Å². The van der Waals surface area contributed by atoms with E-state index in [9.17, 15) is 0 Å². The first kappa shape index (κ1) is 16.6. The number of aromatic amines is 2. The summed E-state index contributed by atoms with van der Waals surface area (Å²) < 4.78 is 0. The predicted molar refractivity (Wildman–Crippen MR) is 115 cm³/mol. The Morgan fingerprint density at radius 1 is 0.733 bits per heavy atom. The number of H-pyrrole nitrogens is 2. The third-order valence-corrected chi connectivity index (χ3v) is 5.15. The van der Waals surface area contributed by atoms with Crippen molar-refractivity contribution in [3.05, 3.63) is 79.5 Å². The van der Waals surface area contributed by atoms with Crippen LogP contribution in [0.2, 0.25) is 0 Å². The number of hydrogen-bond donors (Lipinski definition) is 2. The summed E-state index contributed by atoms with van der Waals surface area (Å²) in [7, 11) is 0. The van der Waals surface area contributed by atoms with Crippen LogP contribution in [-0.4, -0.2) is 35.1 Å². The van der Waals surface area contributed by atoms with Crippen molar-refractivity contribution in [3.8, 4) is 33.8 Å². The lowest BCUT2D eigenvalue weighted by Crippen LogP contribution is -1.84. The highest BCUT2D eigenvalue weighted by Gasteiger charge is 2.15. The van der Waals surface area contributed by atoms with Gasteiger partial charge in [-0.15, -0.1) is 0 Å². The number of pyridine rings is 4. The van der Waals surface area contributed by atoms with E-state index in [4.69, 9.17) is 0 Å². The summed E-state index contributed by atoms with van der Waals surface area (Å²) in [5, 5.41) is 9.44. The average molecular weight is 389 g/mol. The molecule has 0 saturated carbocycles. The quantitative estimate of drug-likeness (QED) is 0.460. The zero-order valence-electron chi connectivity index (χ0n) is 15.7. The molecule has 7 nitrogen and oxygen atoms in total. The van der Waals surface area contributed by atoms with Gasteiger partial charge in [-0.3, -0.25) is 15.1 Å². The number of fused-ring (bicyclic) bond motifs is 2. The molecule has 6 aromatic rings. The summed E-state index contributed by atoms with van der Waals surface area (Å²) >= 11 is 0. The van der Waals surface area contributed by atoms with E-state index in [1.54, 1.807) is 18.6 Å². The topological polar surface area (TPSA) is 96.0 Å². The Morgan fingerprint density at radius 2 is 1.73 bits per heavy atom. The molecular formula is C23H15N7. The Bertz CT molecular complexity index is 1480. The van der Waals surface area contributed by atoms with E-state index >= 15 is 0 Å². The average Bonchev–Trinajstić information content (AvgIpc) is 3.43. The van der Waals surface area contributed by atoms with Crippen LogP contribution < -0.4 is 0 Å². The fourth-order valence-corrected chi connectivity index (χ4v) is 3.70. The van der Waals surface area contributed by atoms with Gasteiger partial charge in [0.05, 0.1) is 17.1 Å². The van der Waals surface area contributed by atoms with Crippen molar-refractivity contribution in [1.29, 1.82) is 0 Å². The van der Waals surface area contributed by atoms with Gasteiger partial charge < -0.3 is 4.98 Å². The third kappa shape index (κ3) is 2.64. The van der Waals surface area contributed by atoms with E-state index in [1.807, 2.05) is 48.8 Å². The van der Waals surface area contributed by atoms with Gasteiger partial charge in [-0.05, 0) is 36.4 Å². The first-order valence-corrected chi connectivity index (χ1v) is 9.51. The fourth-order valence-electron chi connectivity index (χ4n) is 3.70. The minimum Gasteiger partial charge on any atom is -0.338 e. The number of hydrogen-bond acceptors (Lipinski definition) is 5. The van der Waals surface area contributed by atoms with Crippen LogP contribution in [0, 0.1) is 0 Å². The fraction of sp³-hybridized carbons (Fsp3) is 0. The molecular weight excluding hydrogens is 374 g/mol. The van der Waals surface area contributed by atoms with E-state index in [1.165, 1.54) is 0 Å². The predicted octanol–water partition coefficient (Wildman–Crippen LogP) is 4.63. The normalized spacial score (nSPS) is 11.3. The largest absolute Gasteiger partial charge is 0.338 e. The lowest BCUT2D eigenvalue weighted by Gasteiger charge is -2.01. The molecule has 6 aromatic heterocycles. The van der Waals surface area contributed by atoms with Gasteiger partial charge in [-0.25, -0.2) is 9.97 Å². The van der Waals surface area contributed by atoms with Crippen LogP contribution in [0.4, 0.5) is 0 Å². The minimum absolute atomic E-state index is 0.661. The Kier molecular flexibility index (Phi) is 3.64. The third-order valence-electron chi connectivity index (χ3n) is 5.15. The van der Waals surface area contributed by atoms with E-state index in [0.29, 0.717) is 5.65 Å². The number of rotatable bonds is 3. The van der Waals surface area contributed by atoms with Crippen molar-refractivity contribution in [2.24, 2.45) is 0 Å². The molecule has 30 heavy (non-hydrogen) atoms. The maximum absolute atomic E-state index is 4.51. The van der Waals surface area contributed by atoms with E-state index < -0.39 is 0 Å². The van der Waals surface area contributed by atoms with Gasteiger partial charge in [0.25, 0.3) is 0 Å². The monoisotopic (exact) mass is 389 g/mol. The molecule has 0 saturated heterocycles. The van der Waals surface area contributed by atoms with Crippen LogP contribution in [0.3, 0.4) is 0 Å². The van der Waals surface area contributed by atoms with Crippen molar-refractivity contribution < 1.29 is 0 Å². The van der Waals surface area contributed by atoms with Crippen LogP contribution in [-0.2, 0) is 0 Å². The summed E-state index contributed by atoms with van der Waals surface area (Å²) in [6, 6.07) is 16.0. The Hall–Kier alpha value is -4.39. The zero-order chi connectivity index (χ0) is 19.9. The van der Waals surface area contributed by atoms with Gasteiger partial charge in [0, 0.05) is 58.4 Å². The summed E-state index contributed by atoms with van der Waals surface area (Å²) in [4.78, 5) is 21.1. The van der Waals surface area contributed by atoms with Gasteiger partial charge in [0.2, 0.25) is 0 Å². The van der Waals surface area contributed by atoms with Gasteiger partial charge >= 0.3 is 0 Å². The van der Waals surface area contributed by atoms with Gasteiger partial charge in [0.1, 0.15) is 5.65 Å². The maximum Gasteiger partial charge on any atom is 0.181 e. The molecule has 0 aliphatic heterocycles. The SMILES string of the molecule is c1ccc(-c2ccnc3[nH]c(-c4[nH]nc5ncc(-c6cccnc6)cc45)cc23)nc1. The highest BCUT2D eigenvalue weighted by molar-refractivity contribution is 5.99. The molecule has 6 heterocycles. The Labute approximate surface area is 170 Å². The number of nitrogens with one attached hydrogen (secondary N) is 2. The molecule has 2 N–H and O–H groups in total. The molecule has 0 spiro atoms. The van der Waals surface area contributed by atoms with Crippen molar-refractivity contribution >= 4 is 22.1 Å². The highest BCUT2D eigenvalue weighted by atomic mass is 15.2. The molecule has 0 radical (unpaired) electrons. The van der Waals surface area contributed by atoms with E-state index in [-0.39, 0.29) is 0 Å². The number of nitrogens with zero attached hydrogens (tertiary/aromatic N) is 5. The first-order valence-electron chi connectivity index (χ1n) is 9.51. The maximum atomic E-state index is 4.51. The second kappa shape index (κ2) is 6.59. The number of aromatic nitrogens is 7. The first-order chi connectivity index (χ1) is 14.9. The summed E-state index contributed by atoms with van der Waals surface area (Å²) in [6.45, 7) is 0. The van der Waals surface area contributed by atoms with Crippen LogP contribution in [0.1, 0.15) is 0 Å². The molecule has 0 atom stereocenters. The molecule has 142 valence electrons. The second-order valence-corrected chi connectivity index (χ2v) is 6.95. The van der Waals surface area contributed by atoms with Crippen molar-refractivity contribution in [2.75, 3.05) is 0 Å². The van der Waals surface area contributed by atoms with Gasteiger partial charge in [-0.2, -0.15) is 5.10 Å². The molecule has 6 rings (SSSR count). The van der Waals surface area contributed by atoms with Crippen molar-refractivity contribution in [1.82, 2.24) is 35.1 Å². The Balaban J connectivity index is 1.52. The lowest BCUT2D eigenvalue weighted by molar-refractivity contribution is 1.10. The molecule has 0 bridgehead atoms. The van der Waals surface area contributed by atoms with Gasteiger partial charge in [0.15, 0.2) is 5.65 Å². The van der Waals surface area contributed by atoms with Crippen LogP contribution in [0.15, 0.2) is 79.5 Å². The molecule has 0 amide bonds. The lowest BCUT2D eigenvalue weighted by atomic mass is 10.1. The minimum atomic E-state index is 0.661. The summed E-state index contributed by atoms with van der Waals surface area (Å²) in [5.41, 5.74) is 7.16. The van der Waals surface area contributed by atoms with Crippen LogP contribution in [0.5, 0.6) is 0 Å². The Morgan fingerprint density at radius 3 is 2.60 bits per heavy atom. The summed E-state index contributed by atoms with van der Waals surface area (Å²) in [6.07, 6.45) is 8.99. The zero-order valence-corrected chi connectivity index (χ0v) is 15.7. The smallest absolute Gasteiger partial charge is 0.181 e. The van der Waals surface area contributed by atoms with Gasteiger partial charge in [-0.1, -0.05) is 12.1 Å². The molecule has 0 aromatic carbocycles. The molecule has 0 aliphatic carbocycles. The highest BCUT2D eigenvalue weighted by Crippen LogP contribution is 2.33. The van der Waals surface area contributed by atoms with Crippen molar-refractivity contribution in [3.63, 3.8) is 0 Å². The molecule has 0 fully saturated rings. The van der Waals surface area contributed by atoms with Crippen molar-refractivity contribution in [2.45, 2.75) is 0 Å².